The van der Waals surface area contributed by atoms with Crippen molar-refractivity contribution in [3.05, 3.63) is 75.4 Å². The number of carbonyl (C=O) groups excluding carboxylic acids is 1. The van der Waals surface area contributed by atoms with Crippen LogP contribution in [0.3, 0.4) is 0 Å². The molecule has 0 aliphatic carbocycles. The van der Waals surface area contributed by atoms with Gasteiger partial charge < -0.3 is 19.5 Å². The Morgan fingerprint density at radius 1 is 0.970 bits per heavy atom. The molecule has 0 unspecified atom stereocenters. The Labute approximate surface area is 206 Å². The molecular weight excluding hydrogens is 559 g/mol. The van der Waals surface area contributed by atoms with Gasteiger partial charge in [0, 0.05) is 26.5 Å². The number of anilines is 2. The van der Waals surface area contributed by atoms with Crippen LogP contribution in [0.15, 0.2) is 60.7 Å². The molecule has 0 aliphatic heterocycles. The molecule has 3 aromatic rings. The molecule has 2 N–H and O–H groups in total. The van der Waals surface area contributed by atoms with Gasteiger partial charge in [-0.3, -0.25) is 9.52 Å². The standard InChI is InChI=1S/C23H23IN2O6S/c1-30-19-8-10-21(31-2)16(12-19)14-32-22-13-18(7-9-20(22)26-33(3,28)29)25-23(27)15-5-4-6-17(24)11-15/h4-13,26H,14H2,1-3H3,(H,25,27). The van der Waals surface area contributed by atoms with E-state index in [0.29, 0.717) is 28.3 Å². The first-order valence-corrected chi connectivity index (χ1v) is 12.7. The fourth-order valence-corrected chi connectivity index (χ4v) is 4.10. The van der Waals surface area contributed by atoms with E-state index in [1.165, 1.54) is 6.07 Å². The Morgan fingerprint density at radius 2 is 1.76 bits per heavy atom. The lowest BCUT2D eigenvalue weighted by atomic mass is 10.2. The summed E-state index contributed by atoms with van der Waals surface area (Å²) in [5, 5.41) is 2.81. The highest BCUT2D eigenvalue weighted by Crippen LogP contribution is 2.32. The zero-order chi connectivity index (χ0) is 24.0. The summed E-state index contributed by atoms with van der Waals surface area (Å²) in [6, 6.07) is 17.1. The number of nitrogens with one attached hydrogen (secondary N) is 2. The molecule has 0 saturated carbocycles. The number of rotatable bonds is 9. The number of hydrogen-bond donors (Lipinski definition) is 2. The molecule has 0 spiro atoms. The normalized spacial score (nSPS) is 10.9. The molecule has 3 rings (SSSR count). The Balaban J connectivity index is 1.88. The van der Waals surface area contributed by atoms with Gasteiger partial charge in [0.1, 0.15) is 23.9 Å². The number of benzene rings is 3. The average molecular weight is 582 g/mol. The van der Waals surface area contributed by atoms with Crippen LogP contribution in [0.1, 0.15) is 15.9 Å². The Hall–Kier alpha value is -2.99. The van der Waals surface area contributed by atoms with Crippen LogP contribution in [-0.4, -0.2) is 34.8 Å². The summed E-state index contributed by atoms with van der Waals surface area (Å²) in [5.41, 5.74) is 1.90. The van der Waals surface area contributed by atoms with Crippen molar-refractivity contribution in [1.82, 2.24) is 0 Å². The fourth-order valence-electron chi connectivity index (χ4n) is 2.99. The van der Waals surface area contributed by atoms with Crippen molar-refractivity contribution in [3.63, 3.8) is 0 Å². The number of hydrogen-bond acceptors (Lipinski definition) is 6. The summed E-state index contributed by atoms with van der Waals surface area (Å²) in [7, 11) is -0.452. The number of sulfonamides is 1. The lowest BCUT2D eigenvalue weighted by Crippen LogP contribution is -2.14. The lowest BCUT2D eigenvalue weighted by molar-refractivity contribution is 0.102. The van der Waals surface area contributed by atoms with Crippen molar-refractivity contribution < 1.29 is 27.4 Å². The summed E-state index contributed by atoms with van der Waals surface area (Å²) in [6.07, 6.45) is 1.05. The van der Waals surface area contributed by atoms with Crippen LogP contribution in [0.25, 0.3) is 0 Å². The van der Waals surface area contributed by atoms with Crippen LogP contribution in [0.5, 0.6) is 17.2 Å². The van der Waals surface area contributed by atoms with Crippen molar-refractivity contribution in [1.29, 1.82) is 0 Å². The Kier molecular flexibility index (Phi) is 8.03. The van der Waals surface area contributed by atoms with Crippen molar-refractivity contribution in [2.75, 3.05) is 30.5 Å². The summed E-state index contributed by atoms with van der Waals surface area (Å²) in [6.45, 7) is 0.0765. The third-order valence-corrected chi connectivity index (χ3v) is 5.75. The van der Waals surface area contributed by atoms with E-state index in [-0.39, 0.29) is 24.0 Å². The fraction of sp³-hybridized carbons (Fsp3) is 0.174. The Bertz CT molecular complexity index is 1260. The van der Waals surface area contributed by atoms with Gasteiger partial charge in [-0.25, -0.2) is 8.42 Å². The van der Waals surface area contributed by atoms with E-state index < -0.39 is 10.0 Å². The van der Waals surface area contributed by atoms with Crippen LogP contribution < -0.4 is 24.2 Å². The molecule has 33 heavy (non-hydrogen) atoms. The summed E-state index contributed by atoms with van der Waals surface area (Å²) in [5.74, 6) is 1.17. The molecule has 0 saturated heterocycles. The molecule has 0 atom stereocenters. The number of amides is 1. The summed E-state index contributed by atoms with van der Waals surface area (Å²) < 4.78 is 43.6. The molecule has 0 radical (unpaired) electrons. The molecule has 0 heterocycles. The van der Waals surface area contributed by atoms with E-state index in [9.17, 15) is 13.2 Å². The molecule has 0 aliphatic rings. The molecule has 0 fully saturated rings. The van der Waals surface area contributed by atoms with Crippen LogP contribution in [0.4, 0.5) is 11.4 Å². The second-order valence-corrected chi connectivity index (χ2v) is 10.0. The molecule has 10 heteroatoms. The number of halogens is 1. The molecular formula is C23H23IN2O6S. The second-order valence-electron chi connectivity index (χ2n) is 7.02. The third-order valence-electron chi connectivity index (χ3n) is 4.49. The van der Waals surface area contributed by atoms with E-state index in [1.807, 2.05) is 6.07 Å². The first kappa shape index (κ1) is 24.6. The highest BCUT2D eigenvalue weighted by atomic mass is 127. The van der Waals surface area contributed by atoms with Crippen molar-refractivity contribution >= 4 is 49.9 Å². The maximum atomic E-state index is 12.6. The molecule has 0 bridgehead atoms. The van der Waals surface area contributed by atoms with Gasteiger partial charge in [0.25, 0.3) is 5.91 Å². The van der Waals surface area contributed by atoms with Gasteiger partial charge >= 0.3 is 0 Å². The van der Waals surface area contributed by atoms with E-state index in [0.717, 1.165) is 9.83 Å². The van der Waals surface area contributed by atoms with Gasteiger partial charge in [-0.2, -0.15) is 0 Å². The number of ether oxygens (including phenoxy) is 3. The van der Waals surface area contributed by atoms with Crippen molar-refractivity contribution in [2.45, 2.75) is 6.61 Å². The second kappa shape index (κ2) is 10.8. The quantitative estimate of drug-likeness (QED) is 0.360. The van der Waals surface area contributed by atoms with Crippen LogP contribution in [0, 0.1) is 3.57 Å². The lowest BCUT2D eigenvalue weighted by Gasteiger charge is -2.16. The summed E-state index contributed by atoms with van der Waals surface area (Å²) >= 11 is 2.13. The van der Waals surface area contributed by atoms with Crippen LogP contribution >= 0.6 is 22.6 Å². The van der Waals surface area contributed by atoms with Gasteiger partial charge in [-0.1, -0.05) is 6.07 Å². The predicted molar refractivity (Wildman–Crippen MR) is 136 cm³/mol. The zero-order valence-corrected chi connectivity index (χ0v) is 21.2. The van der Waals surface area contributed by atoms with Crippen LogP contribution in [-0.2, 0) is 16.6 Å². The first-order valence-electron chi connectivity index (χ1n) is 9.71. The largest absolute Gasteiger partial charge is 0.497 e. The van der Waals surface area contributed by atoms with Gasteiger partial charge in [-0.15, -0.1) is 0 Å². The maximum absolute atomic E-state index is 12.6. The minimum Gasteiger partial charge on any atom is -0.497 e. The smallest absolute Gasteiger partial charge is 0.255 e. The van der Waals surface area contributed by atoms with Gasteiger partial charge in [0.2, 0.25) is 10.0 Å². The van der Waals surface area contributed by atoms with Crippen molar-refractivity contribution in [3.8, 4) is 17.2 Å². The Morgan fingerprint density at radius 3 is 2.42 bits per heavy atom. The van der Waals surface area contributed by atoms with E-state index in [1.54, 1.807) is 62.8 Å². The molecule has 1 amide bonds. The minimum absolute atomic E-state index is 0.0765. The monoisotopic (exact) mass is 582 g/mol. The van der Waals surface area contributed by atoms with E-state index in [2.05, 4.69) is 32.6 Å². The van der Waals surface area contributed by atoms with Gasteiger partial charge in [0.05, 0.1) is 26.2 Å². The highest BCUT2D eigenvalue weighted by Gasteiger charge is 2.14. The molecule has 0 aromatic heterocycles. The van der Waals surface area contributed by atoms with Gasteiger partial charge in [0.15, 0.2) is 0 Å². The number of methoxy groups -OCH3 is 2. The average Bonchev–Trinajstić information content (AvgIpc) is 2.77. The van der Waals surface area contributed by atoms with Crippen LogP contribution in [0.2, 0.25) is 0 Å². The zero-order valence-electron chi connectivity index (χ0n) is 18.2. The molecule has 3 aromatic carbocycles. The highest BCUT2D eigenvalue weighted by molar-refractivity contribution is 14.1. The SMILES string of the molecule is COc1ccc(OC)c(COc2cc(NC(=O)c3cccc(I)c3)ccc2NS(C)(=O)=O)c1. The third kappa shape index (κ3) is 6.99. The van der Waals surface area contributed by atoms with Gasteiger partial charge in [-0.05, 0) is 71.1 Å². The van der Waals surface area contributed by atoms with E-state index >= 15 is 0 Å². The maximum Gasteiger partial charge on any atom is 0.255 e. The first-order chi connectivity index (χ1) is 15.7. The number of carbonyl (C=O) groups is 1. The molecule has 8 nitrogen and oxygen atoms in total. The molecule has 174 valence electrons. The van der Waals surface area contributed by atoms with Crippen molar-refractivity contribution in [2.24, 2.45) is 0 Å². The summed E-state index contributed by atoms with van der Waals surface area (Å²) in [4.78, 5) is 12.6. The predicted octanol–water partition coefficient (Wildman–Crippen LogP) is 4.51. The topological polar surface area (TPSA) is 103 Å². The minimum atomic E-state index is -3.55. The van der Waals surface area contributed by atoms with E-state index in [4.69, 9.17) is 14.2 Å².